The van der Waals surface area contributed by atoms with E-state index < -0.39 is 10.0 Å². The van der Waals surface area contributed by atoms with Crippen molar-refractivity contribution in [1.29, 1.82) is 5.41 Å². The first-order valence-corrected chi connectivity index (χ1v) is 12.2. The van der Waals surface area contributed by atoms with E-state index in [0.717, 1.165) is 48.2 Å². The molecule has 2 aliphatic heterocycles. The van der Waals surface area contributed by atoms with E-state index in [4.69, 9.17) is 10.1 Å². The molecule has 1 aliphatic carbocycles. The van der Waals surface area contributed by atoms with Gasteiger partial charge in [0.2, 0.25) is 15.9 Å². The highest BCUT2D eigenvalue weighted by Gasteiger charge is 2.51. The minimum absolute atomic E-state index is 0.0115. The maximum atomic E-state index is 12.9. The molecule has 0 aromatic carbocycles. The summed E-state index contributed by atoms with van der Waals surface area (Å²) in [6.45, 7) is 1.30. The Kier molecular flexibility index (Phi) is 5.10. The third kappa shape index (κ3) is 3.65. The maximum absolute atomic E-state index is 12.9. The summed E-state index contributed by atoms with van der Waals surface area (Å²) in [6, 6.07) is 5.89. The number of piperazine rings is 1. The first-order chi connectivity index (χ1) is 15.0. The van der Waals surface area contributed by atoms with Gasteiger partial charge in [0.25, 0.3) is 0 Å². The molecule has 2 N–H and O–H groups in total. The van der Waals surface area contributed by atoms with Crippen LogP contribution in [0.4, 0.5) is 0 Å². The average Bonchev–Trinajstić information content (AvgIpc) is 3.47. The van der Waals surface area contributed by atoms with Gasteiger partial charge in [-0.25, -0.2) is 13.4 Å². The van der Waals surface area contributed by atoms with E-state index in [0.29, 0.717) is 19.0 Å². The van der Waals surface area contributed by atoms with Gasteiger partial charge in [-0.2, -0.15) is 4.31 Å². The minimum atomic E-state index is -3.17. The molecule has 164 valence electrons. The van der Waals surface area contributed by atoms with Crippen LogP contribution in [-0.2, 0) is 10.0 Å². The van der Waals surface area contributed by atoms with Crippen molar-refractivity contribution in [3.8, 4) is 17.0 Å². The summed E-state index contributed by atoms with van der Waals surface area (Å²) in [5.41, 5.74) is 3.82. The van der Waals surface area contributed by atoms with E-state index >= 15 is 0 Å². The van der Waals surface area contributed by atoms with Gasteiger partial charge in [0.15, 0.2) is 0 Å². The van der Waals surface area contributed by atoms with Crippen molar-refractivity contribution >= 4 is 21.9 Å². The monoisotopic (exact) mass is 441 g/mol. The second-order valence-electron chi connectivity index (χ2n) is 8.47. The van der Waals surface area contributed by atoms with Crippen molar-refractivity contribution in [2.45, 2.75) is 43.0 Å². The molecule has 4 heterocycles. The molecule has 5 rings (SSSR count). The van der Waals surface area contributed by atoms with Gasteiger partial charge in [-0.05, 0) is 49.5 Å². The molecule has 2 unspecified atom stereocenters. The third-order valence-electron chi connectivity index (χ3n) is 6.47. The predicted octanol–water partition coefficient (Wildman–Crippen LogP) is 2.72. The molecule has 3 fully saturated rings. The number of hydrogen-bond donors (Lipinski definition) is 2. The van der Waals surface area contributed by atoms with E-state index in [-0.39, 0.29) is 17.3 Å². The van der Waals surface area contributed by atoms with Crippen molar-refractivity contribution in [2.75, 3.05) is 20.2 Å². The van der Waals surface area contributed by atoms with Crippen LogP contribution >= 0.6 is 0 Å². The van der Waals surface area contributed by atoms with E-state index in [1.807, 2.05) is 22.6 Å². The molecular formula is C22H27N5O3S. The lowest BCUT2D eigenvalue weighted by molar-refractivity contribution is 0.179. The molecule has 0 amide bonds. The molecule has 2 bridgehead atoms. The molecule has 0 spiro atoms. The minimum Gasteiger partial charge on any atom is -0.481 e. The molecule has 2 aromatic heterocycles. The zero-order valence-electron chi connectivity index (χ0n) is 17.5. The number of methoxy groups -OCH3 is 1. The topological polar surface area (TPSA) is 102 Å². The van der Waals surface area contributed by atoms with Gasteiger partial charge < -0.3 is 20.0 Å². The summed E-state index contributed by atoms with van der Waals surface area (Å²) >= 11 is 0. The fourth-order valence-electron chi connectivity index (χ4n) is 4.87. The smallest absolute Gasteiger partial charge is 0.217 e. The van der Waals surface area contributed by atoms with E-state index in [1.54, 1.807) is 19.4 Å². The van der Waals surface area contributed by atoms with Gasteiger partial charge >= 0.3 is 0 Å². The SMILES string of the molecule is COc1cc(-c2c[nH]c(/C(=C\C=N)N3CC4CCC(C3)N4S(=O)(=O)C3CC3)c2)ccn1. The third-order valence-corrected chi connectivity index (χ3v) is 8.97. The zero-order chi connectivity index (χ0) is 21.6. The molecule has 3 aliphatic rings. The Morgan fingerprint density at radius 3 is 2.58 bits per heavy atom. The van der Waals surface area contributed by atoms with E-state index in [9.17, 15) is 8.42 Å². The highest BCUT2D eigenvalue weighted by Crippen LogP contribution is 2.41. The predicted molar refractivity (Wildman–Crippen MR) is 120 cm³/mol. The van der Waals surface area contributed by atoms with Gasteiger partial charge in [0.1, 0.15) is 0 Å². The highest BCUT2D eigenvalue weighted by molar-refractivity contribution is 7.90. The number of fused-ring (bicyclic) bond motifs is 2. The Hall–Kier alpha value is -2.65. The number of pyridine rings is 1. The van der Waals surface area contributed by atoms with Gasteiger partial charge in [0, 0.05) is 55.4 Å². The number of hydrogen-bond acceptors (Lipinski definition) is 6. The Morgan fingerprint density at radius 1 is 1.19 bits per heavy atom. The Balaban J connectivity index is 1.40. The molecular weight excluding hydrogens is 414 g/mol. The molecule has 1 saturated carbocycles. The molecule has 8 nitrogen and oxygen atoms in total. The van der Waals surface area contributed by atoms with Crippen LogP contribution in [0.25, 0.3) is 16.8 Å². The van der Waals surface area contributed by atoms with Crippen LogP contribution in [0, 0.1) is 5.41 Å². The van der Waals surface area contributed by atoms with Gasteiger partial charge in [0.05, 0.1) is 23.8 Å². The van der Waals surface area contributed by atoms with Crippen LogP contribution in [0.3, 0.4) is 0 Å². The summed E-state index contributed by atoms with van der Waals surface area (Å²) in [5, 5.41) is 7.51. The second kappa shape index (κ2) is 7.80. The standard InChI is InChI=1S/C22H27N5O3S/c1-30-22-11-15(7-9-24-22)16-10-20(25-12-16)21(6-8-23)26-13-17-2-3-18(14-26)27(17)31(28,29)19-4-5-19/h6-12,17-19,23,25H,2-5,13-14H2,1H3/b21-6+,23-8?. The van der Waals surface area contributed by atoms with Crippen LogP contribution in [-0.4, -0.2) is 71.3 Å². The molecule has 31 heavy (non-hydrogen) atoms. The Morgan fingerprint density at radius 2 is 1.94 bits per heavy atom. The van der Waals surface area contributed by atoms with Gasteiger partial charge in [-0.15, -0.1) is 0 Å². The number of rotatable bonds is 7. The molecule has 0 radical (unpaired) electrons. The first-order valence-electron chi connectivity index (χ1n) is 10.7. The van der Waals surface area contributed by atoms with Gasteiger partial charge in [-0.1, -0.05) is 0 Å². The van der Waals surface area contributed by atoms with Crippen molar-refractivity contribution in [1.82, 2.24) is 19.2 Å². The molecule has 2 atom stereocenters. The van der Waals surface area contributed by atoms with E-state index in [1.165, 1.54) is 6.21 Å². The van der Waals surface area contributed by atoms with Crippen LogP contribution < -0.4 is 4.74 Å². The first kappa shape index (κ1) is 20.3. The Labute approximate surface area is 182 Å². The lowest BCUT2D eigenvalue weighted by Gasteiger charge is -2.42. The number of H-pyrrole nitrogens is 1. The van der Waals surface area contributed by atoms with Crippen LogP contribution in [0.15, 0.2) is 36.7 Å². The lowest BCUT2D eigenvalue weighted by Crippen LogP contribution is -2.55. The summed E-state index contributed by atoms with van der Waals surface area (Å²) in [7, 11) is -1.58. The number of likely N-dealkylation sites (tertiary alicyclic amines) is 1. The van der Waals surface area contributed by atoms with Crippen molar-refractivity contribution in [2.24, 2.45) is 0 Å². The van der Waals surface area contributed by atoms with Crippen LogP contribution in [0.2, 0.25) is 0 Å². The average molecular weight is 442 g/mol. The molecule has 2 saturated heterocycles. The summed E-state index contributed by atoms with van der Waals surface area (Å²) in [6.07, 6.45) is 10.1. The lowest BCUT2D eigenvalue weighted by atomic mass is 10.1. The normalized spacial score (nSPS) is 24.4. The van der Waals surface area contributed by atoms with E-state index in [2.05, 4.69) is 20.9 Å². The fourth-order valence-corrected chi connectivity index (χ4v) is 7.12. The summed E-state index contributed by atoms with van der Waals surface area (Å²) in [4.78, 5) is 9.73. The maximum Gasteiger partial charge on any atom is 0.217 e. The second-order valence-corrected chi connectivity index (χ2v) is 10.6. The van der Waals surface area contributed by atoms with Gasteiger partial charge in [-0.3, -0.25) is 0 Å². The molecule has 9 heteroatoms. The number of nitrogens with one attached hydrogen (secondary N) is 2. The number of allylic oxidation sites excluding steroid dienone is 1. The summed E-state index contributed by atoms with van der Waals surface area (Å²) < 4.78 is 32.9. The van der Waals surface area contributed by atoms with Crippen molar-refractivity contribution in [3.05, 3.63) is 42.4 Å². The number of sulfonamides is 1. The summed E-state index contributed by atoms with van der Waals surface area (Å²) in [5.74, 6) is 0.556. The Bertz CT molecular complexity index is 1110. The number of aromatic amines is 1. The quantitative estimate of drug-likeness (QED) is 0.643. The number of nitrogens with zero attached hydrogens (tertiary/aromatic N) is 3. The highest BCUT2D eigenvalue weighted by atomic mass is 32.2. The van der Waals surface area contributed by atoms with Crippen molar-refractivity contribution < 1.29 is 13.2 Å². The number of aromatic nitrogens is 2. The van der Waals surface area contributed by atoms with Crippen LogP contribution in [0.5, 0.6) is 5.88 Å². The zero-order valence-corrected chi connectivity index (χ0v) is 18.3. The van der Waals surface area contributed by atoms with Crippen LogP contribution in [0.1, 0.15) is 31.4 Å². The molecule has 2 aromatic rings. The van der Waals surface area contributed by atoms with Crippen molar-refractivity contribution in [3.63, 3.8) is 0 Å². The number of ether oxygens (including phenoxy) is 1. The fraction of sp³-hybridized carbons (Fsp3) is 0.455. The largest absolute Gasteiger partial charge is 0.481 e.